The van der Waals surface area contributed by atoms with Crippen LogP contribution >= 0.6 is 0 Å². The maximum atomic E-state index is 14.1. The Balaban J connectivity index is 1.67. The van der Waals surface area contributed by atoms with Gasteiger partial charge in [0.15, 0.2) is 0 Å². The lowest BCUT2D eigenvalue weighted by molar-refractivity contribution is -0.139. The maximum Gasteiger partial charge on any atom is 0.264 e. The molecule has 0 saturated heterocycles. The van der Waals surface area contributed by atoms with Crippen molar-refractivity contribution in [2.75, 3.05) is 17.4 Å². The number of anilines is 1. The molecule has 7 nitrogen and oxygen atoms in total. The number of sulfonamides is 1. The van der Waals surface area contributed by atoms with Crippen LogP contribution in [0.3, 0.4) is 0 Å². The van der Waals surface area contributed by atoms with E-state index in [1.54, 1.807) is 43.3 Å². The lowest BCUT2D eigenvalue weighted by Crippen LogP contribution is -2.53. The molecule has 1 fully saturated rings. The average Bonchev–Trinajstić information content (AvgIpc) is 3.47. The molecule has 4 rings (SSSR count). The minimum Gasteiger partial charge on any atom is -0.352 e. The molecule has 0 spiro atoms. The number of hydrogen-bond donors (Lipinski definition) is 1. The van der Waals surface area contributed by atoms with E-state index in [1.165, 1.54) is 9.21 Å². The van der Waals surface area contributed by atoms with Crippen molar-refractivity contribution in [2.45, 2.75) is 76.8 Å². The van der Waals surface area contributed by atoms with Gasteiger partial charge in [-0.2, -0.15) is 0 Å². The Hall–Kier alpha value is -3.65. The summed E-state index contributed by atoms with van der Waals surface area (Å²) in [5.41, 5.74) is 4.12. The highest BCUT2D eigenvalue weighted by molar-refractivity contribution is 7.92. The smallest absolute Gasteiger partial charge is 0.264 e. The van der Waals surface area contributed by atoms with Gasteiger partial charge < -0.3 is 10.2 Å². The summed E-state index contributed by atoms with van der Waals surface area (Å²) in [6.07, 6.45) is 4.58. The zero-order valence-electron chi connectivity index (χ0n) is 24.5. The van der Waals surface area contributed by atoms with Gasteiger partial charge in [0.25, 0.3) is 10.0 Å². The van der Waals surface area contributed by atoms with Crippen LogP contribution in [-0.4, -0.2) is 50.3 Å². The van der Waals surface area contributed by atoms with E-state index in [0.717, 1.165) is 47.9 Å². The molecule has 0 unspecified atom stereocenters. The lowest BCUT2D eigenvalue weighted by atomic mass is 10.1. The van der Waals surface area contributed by atoms with Gasteiger partial charge in [-0.25, -0.2) is 8.42 Å². The molecule has 2 amide bonds. The van der Waals surface area contributed by atoms with Gasteiger partial charge in [0.1, 0.15) is 12.6 Å². The Labute approximate surface area is 244 Å². The molecule has 8 heteroatoms. The standard InChI is InChI=1S/C33H41N3O4S/c1-24-17-19-30(20-18-24)41(39,40)36(31-16-10-11-25(2)26(31)3)23-32(37)35(22-21-28-12-6-5-7-13-28)27(4)33(38)34-29-14-8-9-15-29/h5-7,10-13,16-20,27,29H,8-9,14-15,21-23H2,1-4H3,(H,34,38)/t27-/m1/s1. The summed E-state index contributed by atoms with van der Waals surface area (Å²) in [7, 11) is -4.09. The van der Waals surface area contributed by atoms with E-state index in [9.17, 15) is 18.0 Å². The van der Waals surface area contributed by atoms with Crippen molar-refractivity contribution in [3.8, 4) is 0 Å². The molecule has 1 aliphatic carbocycles. The zero-order valence-corrected chi connectivity index (χ0v) is 25.3. The molecular formula is C33H41N3O4S. The summed E-state index contributed by atoms with van der Waals surface area (Å²) in [6.45, 7) is 7.26. The third kappa shape index (κ3) is 7.36. The van der Waals surface area contributed by atoms with Crippen molar-refractivity contribution in [1.82, 2.24) is 10.2 Å². The lowest BCUT2D eigenvalue weighted by Gasteiger charge is -2.33. The third-order valence-corrected chi connectivity index (χ3v) is 9.86. The van der Waals surface area contributed by atoms with Gasteiger partial charge >= 0.3 is 0 Å². The monoisotopic (exact) mass is 575 g/mol. The fourth-order valence-electron chi connectivity index (χ4n) is 5.32. The van der Waals surface area contributed by atoms with E-state index in [4.69, 9.17) is 0 Å². The molecule has 0 heterocycles. The van der Waals surface area contributed by atoms with E-state index in [-0.39, 0.29) is 23.4 Å². The fourth-order valence-corrected chi connectivity index (χ4v) is 6.79. The molecule has 0 radical (unpaired) electrons. The first kappa shape index (κ1) is 30.3. The van der Waals surface area contributed by atoms with Crippen LogP contribution in [0, 0.1) is 20.8 Å². The fraction of sp³-hybridized carbons (Fsp3) is 0.394. The molecule has 41 heavy (non-hydrogen) atoms. The summed E-state index contributed by atoms with van der Waals surface area (Å²) < 4.78 is 29.3. The topological polar surface area (TPSA) is 86.8 Å². The number of rotatable bonds is 11. The van der Waals surface area contributed by atoms with Crippen molar-refractivity contribution in [3.05, 3.63) is 95.1 Å². The molecule has 218 valence electrons. The maximum absolute atomic E-state index is 14.1. The van der Waals surface area contributed by atoms with Crippen LogP contribution in [0.4, 0.5) is 5.69 Å². The highest BCUT2D eigenvalue weighted by atomic mass is 32.2. The van der Waals surface area contributed by atoms with Crippen LogP contribution < -0.4 is 9.62 Å². The molecule has 1 N–H and O–H groups in total. The van der Waals surface area contributed by atoms with E-state index in [1.807, 2.05) is 57.2 Å². The normalized spacial score (nSPS) is 14.4. The molecule has 3 aromatic rings. The highest BCUT2D eigenvalue weighted by Crippen LogP contribution is 2.29. The molecule has 0 aliphatic heterocycles. The highest BCUT2D eigenvalue weighted by Gasteiger charge is 2.33. The number of hydrogen-bond acceptors (Lipinski definition) is 4. The van der Waals surface area contributed by atoms with Gasteiger partial charge in [0.2, 0.25) is 11.8 Å². The van der Waals surface area contributed by atoms with Gasteiger partial charge in [0, 0.05) is 12.6 Å². The summed E-state index contributed by atoms with van der Waals surface area (Å²) in [5.74, 6) is -0.635. The Kier molecular flexibility index (Phi) is 9.86. The van der Waals surface area contributed by atoms with Crippen molar-refractivity contribution >= 4 is 27.5 Å². The second-order valence-corrected chi connectivity index (χ2v) is 12.9. The van der Waals surface area contributed by atoms with Crippen molar-refractivity contribution in [2.24, 2.45) is 0 Å². The SMILES string of the molecule is Cc1ccc(S(=O)(=O)N(CC(=O)N(CCc2ccccc2)[C@H](C)C(=O)NC2CCCC2)c2cccc(C)c2C)cc1. The Morgan fingerprint density at radius 2 is 1.56 bits per heavy atom. The van der Waals surface area contributed by atoms with E-state index in [2.05, 4.69) is 5.32 Å². The van der Waals surface area contributed by atoms with Gasteiger partial charge in [-0.1, -0.05) is 73.0 Å². The van der Waals surface area contributed by atoms with Gasteiger partial charge in [-0.15, -0.1) is 0 Å². The summed E-state index contributed by atoms with van der Waals surface area (Å²) in [6, 6.07) is 21.2. The Morgan fingerprint density at radius 1 is 0.902 bits per heavy atom. The quantitative estimate of drug-likeness (QED) is 0.335. The zero-order chi connectivity index (χ0) is 29.6. The minimum absolute atomic E-state index is 0.111. The molecule has 1 aliphatic rings. The number of nitrogens with zero attached hydrogens (tertiary/aromatic N) is 2. The van der Waals surface area contributed by atoms with Gasteiger partial charge in [-0.05, 0) is 81.8 Å². The van der Waals surface area contributed by atoms with Crippen molar-refractivity contribution < 1.29 is 18.0 Å². The molecule has 3 aromatic carbocycles. The first-order valence-corrected chi connectivity index (χ1v) is 15.8. The van der Waals surface area contributed by atoms with Crippen LogP contribution in [0.25, 0.3) is 0 Å². The van der Waals surface area contributed by atoms with Crippen molar-refractivity contribution in [3.63, 3.8) is 0 Å². The van der Waals surface area contributed by atoms with E-state index >= 15 is 0 Å². The van der Waals surface area contributed by atoms with Crippen molar-refractivity contribution in [1.29, 1.82) is 0 Å². The summed E-state index contributed by atoms with van der Waals surface area (Å²) in [4.78, 5) is 29.1. The summed E-state index contributed by atoms with van der Waals surface area (Å²) >= 11 is 0. The average molecular weight is 576 g/mol. The second kappa shape index (κ2) is 13.3. The molecule has 0 bridgehead atoms. The molecule has 0 aromatic heterocycles. The number of benzene rings is 3. The molecular weight excluding hydrogens is 534 g/mol. The number of aryl methyl sites for hydroxylation is 2. The predicted octanol–water partition coefficient (Wildman–Crippen LogP) is 5.33. The van der Waals surface area contributed by atoms with Gasteiger partial charge in [0.05, 0.1) is 10.6 Å². The third-order valence-electron chi connectivity index (χ3n) is 8.09. The van der Waals surface area contributed by atoms with Gasteiger partial charge in [-0.3, -0.25) is 13.9 Å². The molecule has 1 atom stereocenters. The number of nitrogens with one attached hydrogen (secondary N) is 1. The van der Waals surface area contributed by atoms with Crippen LogP contribution in [0.15, 0.2) is 77.7 Å². The van der Waals surface area contributed by atoms with Crippen LogP contribution in [-0.2, 0) is 26.0 Å². The first-order chi connectivity index (χ1) is 19.6. The second-order valence-electron chi connectivity index (χ2n) is 11.0. The van der Waals surface area contributed by atoms with E-state index < -0.39 is 28.5 Å². The molecule has 1 saturated carbocycles. The first-order valence-electron chi connectivity index (χ1n) is 14.4. The largest absolute Gasteiger partial charge is 0.352 e. The summed E-state index contributed by atoms with van der Waals surface area (Å²) in [5, 5.41) is 3.11. The number of carbonyl (C=O) groups is 2. The van der Waals surface area contributed by atoms with Crippen LogP contribution in [0.2, 0.25) is 0 Å². The number of amides is 2. The number of carbonyl (C=O) groups excluding carboxylic acids is 2. The Morgan fingerprint density at radius 3 is 2.22 bits per heavy atom. The van der Waals surface area contributed by atoms with Crippen LogP contribution in [0.1, 0.15) is 54.9 Å². The Bertz CT molecular complexity index is 1450. The van der Waals surface area contributed by atoms with Crippen LogP contribution in [0.5, 0.6) is 0 Å². The predicted molar refractivity (Wildman–Crippen MR) is 163 cm³/mol. The van der Waals surface area contributed by atoms with E-state index in [0.29, 0.717) is 12.1 Å². The minimum atomic E-state index is -4.09.